The highest BCUT2D eigenvalue weighted by Crippen LogP contribution is 2.27. The van der Waals surface area contributed by atoms with Crippen molar-refractivity contribution in [2.45, 2.75) is 410 Å². The van der Waals surface area contributed by atoms with Crippen LogP contribution in [0, 0.1) is 0 Å². The highest BCUT2D eigenvalue weighted by molar-refractivity contribution is 5.80. The molecule has 0 aromatic heterocycles. The summed E-state index contributed by atoms with van der Waals surface area (Å²) in [5.74, 6) is -1.18. The maximum atomic E-state index is 13.5. The fourth-order valence-corrected chi connectivity index (χ4v) is 11.9. The molecule has 0 aliphatic carbocycles. The van der Waals surface area contributed by atoms with Gasteiger partial charge in [-0.15, -0.1) is 0 Å². The molecule has 11 nitrogen and oxygen atoms in total. The van der Waals surface area contributed by atoms with E-state index in [0.29, 0.717) is 19.3 Å². The Morgan fingerprint density at radius 2 is 0.775 bits per heavy atom. The molecule has 89 heavy (non-hydrogen) atoms. The van der Waals surface area contributed by atoms with E-state index in [4.69, 9.17) is 14.2 Å². The summed E-state index contributed by atoms with van der Waals surface area (Å²) < 4.78 is 17.7. The van der Waals surface area contributed by atoms with Crippen LogP contribution >= 0.6 is 0 Å². The Hall–Kier alpha value is -2.64. The molecule has 1 amide bonds. The Morgan fingerprint density at radius 1 is 0.438 bits per heavy atom. The first-order valence-electron chi connectivity index (χ1n) is 38.1. The van der Waals surface area contributed by atoms with E-state index in [1.807, 2.05) is 6.08 Å². The molecule has 0 aromatic carbocycles. The number of aliphatic hydroxyl groups is 5. The first-order valence-corrected chi connectivity index (χ1v) is 38.1. The van der Waals surface area contributed by atoms with Crippen molar-refractivity contribution >= 4 is 11.9 Å². The third kappa shape index (κ3) is 52.4. The number of rotatable bonds is 66. The van der Waals surface area contributed by atoms with Gasteiger partial charge in [0.25, 0.3) is 0 Å². The number of ether oxygens (including phenoxy) is 3. The SMILES string of the molecule is CCCCC/C=C\C/C=C\CCCCCCCCCCCCCCCCCC(=O)OC1C(OCC(NC(=O)C(O)CCCCCCCCCCCCCCCC/C=C\C/C=C\CCCCC)C(O)/C=C/CCCCCCCCCCC)OC(CO)C(O)C1O. The van der Waals surface area contributed by atoms with Gasteiger partial charge < -0.3 is 45.1 Å². The van der Waals surface area contributed by atoms with Crippen LogP contribution in [0.15, 0.2) is 60.8 Å². The molecule has 1 aliphatic rings. The fourth-order valence-electron chi connectivity index (χ4n) is 11.9. The van der Waals surface area contributed by atoms with Gasteiger partial charge in [0.15, 0.2) is 12.4 Å². The molecule has 1 aliphatic heterocycles. The van der Waals surface area contributed by atoms with Crippen molar-refractivity contribution in [3.8, 4) is 0 Å². The Labute approximate surface area is 548 Å². The lowest BCUT2D eigenvalue weighted by molar-refractivity contribution is -0.305. The standard InChI is InChI=1S/C78H143NO10/c1-4-7-10-13-16-19-22-24-26-28-30-32-34-36-38-40-42-44-46-48-51-54-57-60-63-66-73(83)89-76-75(85)74(84)72(67-80)88-78(76)87-68-69(70(81)64-61-58-55-52-49-21-18-15-12-9-6-3)79-77(86)71(82)65-62-59-56-53-50-47-45-43-41-39-37-35-33-31-29-27-25-23-20-17-14-11-8-5-2/h16-17,19-20,24-27,61,64,69-72,74-76,78,80-82,84-85H,4-15,18,21-23,28-60,62-63,65-68H2,1-3H3,(H,79,86)/b19-16-,20-17-,26-24-,27-25-,64-61+. The number of nitrogens with one attached hydrogen (secondary N) is 1. The highest BCUT2D eigenvalue weighted by atomic mass is 16.7. The van der Waals surface area contributed by atoms with Crippen molar-refractivity contribution < 1.29 is 49.3 Å². The zero-order chi connectivity index (χ0) is 64.6. The second-order valence-corrected chi connectivity index (χ2v) is 26.4. The molecule has 520 valence electrons. The van der Waals surface area contributed by atoms with Gasteiger partial charge in [0.05, 0.1) is 25.4 Å². The third-order valence-corrected chi connectivity index (χ3v) is 17.9. The smallest absolute Gasteiger partial charge is 0.306 e. The van der Waals surface area contributed by atoms with Gasteiger partial charge in [0, 0.05) is 6.42 Å². The zero-order valence-electron chi connectivity index (χ0n) is 58.1. The average molecular weight is 1250 g/mol. The molecule has 0 saturated carbocycles. The van der Waals surface area contributed by atoms with Crippen molar-refractivity contribution in [3.05, 3.63) is 60.8 Å². The average Bonchev–Trinajstić information content (AvgIpc) is 3.71. The van der Waals surface area contributed by atoms with E-state index in [1.165, 1.54) is 244 Å². The minimum absolute atomic E-state index is 0.125. The van der Waals surface area contributed by atoms with Crippen LogP contribution in [0.2, 0.25) is 0 Å². The number of hydrogen-bond donors (Lipinski definition) is 6. The van der Waals surface area contributed by atoms with Crippen LogP contribution in [0.5, 0.6) is 0 Å². The van der Waals surface area contributed by atoms with Gasteiger partial charge >= 0.3 is 5.97 Å². The van der Waals surface area contributed by atoms with E-state index in [0.717, 1.165) is 70.6 Å². The lowest BCUT2D eigenvalue weighted by atomic mass is 9.99. The summed E-state index contributed by atoms with van der Waals surface area (Å²) in [5, 5.41) is 57.3. The normalized spacial score (nSPS) is 18.4. The van der Waals surface area contributed by atoms with Crippen molar-refractivity contribution in [1.29, 1.82) is 0 Å². The molecule has 6 N–H and O–H groups in total. The molecule has 0 bridgehead atoms. The molecule has 1 rings (SSSR count). The Balaban J connectivity index is 2.50. The molecule has 0 aromatic rings. The van der Waals surface area contributed by atoms with Gasteiger partial charge in [-0.05, 0) is 89.9 Å². The minimum atomic E-state index is -1.61. The number of amides is 1. The molecular formula is C78H143NO10. The Morgan fingerprint density at radius 3 is 1.17 bits per heavy atom. The van der Waals surface area contributed by atoms with Gasteiger partial charge in [-0.25, -0.2) is 0 Å². The number of aliphatic hydroxyl groups excluding tert-OH is 5. The molecule has 1 saturated heterocycles. The van der Waals surface area contributed by atoms with E-state index in [1.54, 1.807) is 6.08 Å². The number of hydrogen-bond acceptors (Lipinski definition) is 10. The first-order chi connectivity index (χ1) is 43.7. The van der Waals surface area contributed by atoms with E-state index < -0.39 is 67.4 Å². The summed E-state index contributed by atoms with van der Waals surface area (Å²) in [6, 6.07) is -1.02. The zero-order valence-corrected chi connectivity index (χ0v) is 58.1. The quantitative estimate of drug-likeness (QED) is 0.0195. The molecule has 1 heterocycles. The highest BCUT2D eigenvalue weighted by Gasteiger charge is 2.47. The van der Waals surface area contributed by atoms with Crippen LogP contribution in [0.25, 0.3) is 0 Å². The lowest BCUT2D eigenvalue weighted by Gasteiger charge is -2.41. The van der Waals surface area contributed by atoms with E-state index in [-0.39, 0.29) is 13.0 Å². The van der Waals surface area contributed by atoms with Crippen molar-refractivity contribution in [2.24, 2.45) is 0 Å². The summed E-state index contributed by atoms with van der Waals surface area (Å²) >= 11 is 0. The topological polar surface area (TPSA) is 175 Å². The first kappa shape index (κ1) is 84.4. The molecular weight excluding hydrogens is 1110 g/mol. The summed E-state index contributed by atoms with van der Waals surface area (Å²) in [4.78, 5) is 26.7. The van der Waals surface area contributed by atoms with E-state index >= 15 is 0 Å². The Bertz CT molecular complexity index is 1680. The largest absolute Gasteiger partial charge is 0.454 e. The van der Waals surface area contributed by atoms with Gasteiger partial charge in [-0.1, -0.05) is 326 Å². The number of allylic oxidation sites excluding steroid dienone is 9. The fraction of sp³-hybridized carbons (Fsp3) is 0.846. The van der Waals surface area contributed by atoms with Gasteiger partial charge in [0.2, 0.25) is 5.91 Å². The van der Waals surface area contributed by atoms with Gasteiger partial charge in [-0.2, -0.15) is 0 Å². The van der Waals surface area contributed by atoms with Crippen LogP contribution in [0.4, 0.5) is 0 Å². The van der Waals surface area contributed by atoms with Crippen LogP contribution < -0.4 is 5.32 Å². The minimum Gasteiger partial charge on any atom is -0.454 e. The van der Waals surface area contributed by atoms with E-state index in [2.05, 4.69) is 74.7 Å². The second-order valence-electron chi connectivity index (χ2n) is 26.4. The maximum Gasteiger partial charge on any atom is 0.306 e. The van der Waals surface area contributed by atoms with Crippen LogP contribution in [0.3, 0.4) is 0 Å². The van der Waals surface area contributed by atoms with Gasteiger partial charge in [-0.3, -0.25) is 9.59 Å². The number of carbonyl (C=O) groups is 2. The predicted octanol–water partition coefficient (Wildman–Crippen LogP) is 20.1. The Kier molecular flexibility index (Phi) is 62.0. The molecule has 8 unspecified atom stereocenters. The summed E-state index contributed by atoms with van der Waals surface area (Å²) in [5.41, 5.74) is 0. The number of esters is 1. The lowest BCUT2D eigenvalue weighted by Crippen LogP contribution is -2.61. The maximum absolute atomic E-state index is 13.5. The third-order valence-electron chi connectivity index (χ3n) is 17.9. The number of carbonyl (C=O) groups excluding carboxylic acids is 2. The molecule has 0 spiro atoms. The van der Waals surface area contributed by atoms with Crippen LogP contribution in [0.1, 0.15) is 361 Å². The van der Waals surface area contributed by atoms with Crippen LogP contribution in [-0.2, 0) is 23.8 Å². The van der Waals surface area contributed by atoms with Crippen molar-refractivity contribution in [2.75, 3.05) is 13.2 Å². The summed E-state index contributed by atoms with van der Waals surface area (Å²) in [7, 11) is 0. The summed E-state index contributed by atoms with van der Waals surface area (Å²) in [6.07, 6.45) is 74.1. The van der Waals surface area contributed by atoms with Crippen molar-refractivity contribution in [1.82, 2.24) is 5.32 Å². The van der Waals surface area contributed by atoms with Crippen LogP contribution in [-0.4, -0.2) is 99.6 Å². The van der Waals surface area contributed by atoms with Crippen molar-refractivity contribution in [3.63, 3.8) is 0 Å². The molecule has 0 radical (unpaired) electrons. The number of unbranched alkanes of at least 4 members (excludes halogenated alkanes) is 44. The summed E-state index contributed by atoms with van der Waals surface area (Å²) in [6.45, 7) is 5.79. The monoisotopic (exact) mass is 1250 g/mol. The molecule has 8 atom stereocenters. The molecule has 1 fully saturated rings. The van der Waals surface area contributed by atoms with Gasteiger partial charge in [0.1, 0.15) is 24.4 Å². The predicted molar refractivity (Wildman–Crippen MR) is 375 cm³/mol. The molecule has 11 heteroatoms. The second kappa shape index (κ2) is 65.4. The van der Waals surface area contributed by atoms with E-state index in [9.17, 15) is 35.1 Å².